The van der Waals surface area contributed by atoms with Crippen molar-refractivity contribution < 1.29 is 4.79 Å². The number of hydrogen-bond acceptors (Lipinski definition) is 3. The second kappa shape index (κ2) is 3.14. The molecule has 0 atom stereocenters. The first-order valence-corrected chi connectivity index (χ1v) is 4.15. The lowest BCUT2D eigenvalue weighted by Gasteiger charge is -2.06. The van der Waals surface area contributed by atoms with Gasteiger partial charge in [0.2, 0.25) is 6.41 Å². The second-order valence-electron chi connectivity index (χ2n) is 1.59. The van der Waals surface area contributed by atoms with Crippen LogP contribution in [0, 0.1) is 0 Å². The maximum absolute atomic E-state index is 10.1. The monoisotopic (exact) mass is 220 g/mol. The third-order valence-corrected chi connectivity index (χ3v) is 2.65. The van der Waals surface area contributed by atoms with Crippen molar-refractivity contribution in [2.45, 2.75) is 0 Å². The lowest BCUT2D eigenvalue weighted by atomic mass is 10.5. The number of thiophene rings is 1. The summed E-state index contributed by atoms with van der Waals surface area (Å²) in [4.78, 5) is 10.1. The minimum Gasteiger partial charge on any atom is -0.277 e. The van der Waals surface area contributed by atoms with Crippen molar-refractivity contribution in [2.24, 2.45) is 5.84 Å². The Morgan fingerprint density at radius 3 is 2.90 bits per heavy atom. The van der Waals surface area contributed by atoms with Crippen LogP contribution in [0.5, 0.6) is 0 Å². The molecule has 2 N–H and O–H groups in total. The molecule has 0 radical (unpaired) electrons. The van der Waals surface area contributed by atoms with E-state index in [9.17, 15) is 4.79 Å². The van der Waals surface area contributed by atoms with Gasteiger partial charge in [-0.25, -0.2) is 10.9 Å². The molecule has 1 rings (SSSR count). The topological polar surface area (TPSA) is 46.3 Å². The van der Waals surface area contributed by atoms with E-state index in [1.165, 1.54) is 11.3 Å². The summed E-state index contributed by atoms with van der Waals surface area (Å²) in [5.74, 6) is 5.28. The molecule has 1 amide bonds. The van der Waals surface area contributed by atoms with Crippen LogP contribution in [0.3, 0.4) is 0 Å². The summed E-state index contributed by atoms with van der Waals surface area (Å²) in [7, 11) is 0. The zero-order chi connectivity index (χ0) is 7.56. The zero-order valence-electron chi connectivity index (χ0n) is 4.95. The van der Waals surface area contributed by atoms with Crippen LogP contribution in [0.15, 0.2) is 15.2 Å². The molecular formula is C5H5BrN2OS. The molecule has 0 spiro atoms. The van der Waals surface area contributed by atoms with Crippen molar-refractivity contribution in [3.63, 3.8) is 0 Å². The number of carbonyl (C=O) groups is 1. The van der Waals surface area contributed by atoms with E-state index in [1.54, 1.807) is 6.07 Å². The Kier molecular flexibility index (Phi) is 2.42. The average Bonchev–Trinajstić information content (AvgIpc) is 2.34. The van der Waals surface area contributed by atoms with E-state index in [0.717, 1.165) is 8.80 Å². The number of rotatable bonds is 2. The molecule has 0 saturated carbocycles. The van der Waals surface area contributed by atoms with Gasteiger partial charge in [-0.1, -0.05) is 0 Å². The number of nitrogens with zero attached hydrogens (tertiary/aromatic N) is 1. The van der Waals surface area contributed by atoms with Gasteiger partial charge in [-0.3, -0.25) is 4.79 Å². The van der Waals surface area contributed by atoms with Gasteiger partial charge in [0.25, 0.3) is 0 Å². The highest BCUT2D eigenvalue weighted by molar-refractivity contribution is 9.11. The summed E-state index contributed by atoms with van der Waals surface area (Å²) in [5.41, 5.74) is 0.694. The molecule has 10 heavy (non-hydrogen) atoms. The van der Waals surface area contributed by atoms with Gasteiger partial charge in [-0.2, -0.15) is 0 Å². The SMILES string of the molecule is NN(C=O)c1ccsc1Br. The Labute approximate surface area is 70.5 Å². The first-order valence-electron chi connectivity index (χ1n) is 2.48. The summed E-state index contributed by atoms with van der Waals surface area (Å²) in [6.45, 7) is 0. The number of hydrogen-bond donors (Lipinski definition) is 1. The molecule has 0 saturated heterocycles. The second-order valence-corrected chi connectivity index (χ2v) is 3.83. The lowest BCUT2D eigenvalue weighted by molar-refractivity contribution is -0.107. The zero-order valence-corrected chi connectivity index (χ0v) is 7.35. The minimum absolute atomic E-state index is 0.562. The maximum Gasteiger partial charge on any atom is 0.228 e. The van der Waals surface area contributed by atoms with Crippen molar-refractivity contribution in [1.29, 1.82) is 0 Å². The van der Waals surface area contributed by atoms with E-state index in [1.807, 2.05) is 5.38 Å². The average molecular weight is 221 g/mol. The summed E-state index contributed by atoms with van der Waals surface area (Å²) in [6.07, 6.45) is 0.562. The van der Waals surface area contributed by atoms with E-state index in [0.29, 0.717) is 12.1 Å². The van der Waals surface area contributed by atoms with E-state index >= 15 is 0 Å². The molecule has 54 valence electrons. The number of anilines is 1. The van der Waals surface area contributed by atoms with Crippen molar-refractivity contribution >= 4 is 39.4 Å². The van der Waals surface area contributed by atoms with Crippen molar-refractivity contribution in [3.8, 4) is 0 Å². The maximum atomic E-state index is 10.1. The highest BCUT2D eigenvalue weighted by atomic mass is 79.9. The molecule has 5 heteroatoms. The molecular weight excluding hydrogens is 216 g/mol. The van der Waals surface area contributed by atoms with Crippen molar-refractivity contribution in [2.75, 3.05) is 5.01 Å². The molecule has 0 aliphatic rings. The van der Waals surface area contributed by atoms with Gasteiger partial charge < -0.3 is 0 Å². The smallest absolute Gasteiger partial charge is 0.228 e. The van der Waals surface area contributed by atoms with E-state index in [2.05, 4.69) is 15.9 Å². The highest BCUT2D eigenvalue weighted by Gasteiger charge is 2.04. The number of amides is 1. The normalized spacial score (nSPS) is 9.40. The van der Waals surface area contributed by atoms with Crippen LogP contribution >= 0.6 is 27.3 Å². The fourth-order valence-corrected chi connectivity index (χ4v) is 1.80. The Bertz CT molecular complexity index is 237. The number of hydrazine groups is 1. The molecule has 0 aromatic carbocycles. The van der Waals surface area contributed by atoms with Gasteiger partial charge in [0, 0.05) is 0 Å². The Balaban J connectivity index is 2.92. The predicted molar refractivity (Wildman–Crippen MR) is 44.7 cm³/mol. The summed E-state index contributed by atoms with van der Waals surface area (Å²) >= 11 is 4.73. The molecule has 1 aromatic rings. The largest absolute Gasteiger partial charge is 0.277 e. The molecule has 0 bridgehead atoms. The molecule has 0 aliphatic carbocycles. The van der Waals surface area contributed by atoms with Gasteiger partial charge >= 0.3 is 0 Å². The van der Waals surface area contributed by atoms with Crippen LogP contribution in [-0.2, 0) is 4.79 Å². The van der Waals surface area contributed by atoms with E-state index < -0.39 is 0 Å². The Hall–Kier alpha value is -0.390. The quantitative estimate of drug-likeness (QED) is 0.354. The molecule has 1 aromatic heterocycles. The predicted octanol–water partition coefficient (Wildman–Crippen LogP) is 1.35. The van der Waals surface area contributed by atoms with Gasteiger partial charge in [0.15, 0.2) is 0 Å². The fourth-order valence-electron chi connectivity index (χ4n) is 0.528. The Morgan fingerprint density at radius 2 is 2.50 bits per heavy atom. The first-order chi connectivity index (χ1) is 4.75. The van der Waals surface area contributed by atoms with Crippen molar-refractivity contribution in [3.05, 3.63) is 15.2 Å². The van der Waals surface area contributed by atoms with Crippen LogP contribution in [0.4, 0.5) is 5.69 Å². The molecule has 3 nitrogen and oxygen atoms in total. The van der Waals surface area contributed by atoms with Crippen LogP contribution < -0.4 is 10.9 Å². The standard InChI is InChI=1S/C5H5BrN2OS/c6-5-4(1-2-10-5)8(7)3-9/h1-3H,7H2. The van der Waals surface area contributed by atoms with Gasteiger partial charge in [-0.15, -0.1) is 11.3 Å². The minimum atomic E-state index is 0.562. The highest BCUT2D eigenvalue weighted by Crippen LogP contribution is 2.29. The van der Waals surface area contributed by atoms with Crippen LogP contribution in [0.2, 0.25) is 0 Å². The number of halogens is 1. The summed E-state index contributed by atoms with van der Waals surface area (Å²) < 4.78 is 0.863. The van der Waals surface area contributed by atoms with Gasteiger partial charge in [-0.05, 0) is 27.4 Å². The van der Waals surface area contributed by atoms with Gasteiger partial charge in [0.1, 0.15) is 0 Å². The Morgan fingerprint density at radius 1 is 1.80 bits per heavy atom. The van der Waals surface area contributed by atoms with E-state index in [4.69, 9.17) is 5.84 Å². The summed E-state index contributed by atoms with van der Waals surface area (Å²) in [6, 6.07) is 1.77. The van der Waals surface area contributed by atoms with Crippen LogP contribution in [0.1, 0.15) is 0 Å². The number of nitrogens with two attached hydrogens (primary N) is 1. The van der Waals surface area contributed by atoms with Crippen molar-refractivity contribution in [1.82, 2.24) is 0 Å². The summed E-state index contributed by atoms with van der Waals surface area (Å²) in [5, 5.41) is 2.88. The van der Waals surface area contributed by atoms with Crippen LogP contribution in [-0.4, -0.2) is 6.41 Å². The molecule has 0 fully saturated rings. The number of carbonyl (C=O) groups excluding carboxylic acids is 1. The van der Waals surface area contributed by atoms with Crippen LogP contribution in [0.25, 0.3) is 0 Å². The first kappa shape index (κ1) is 7.71. The fraction of sp³-hybridized carbons (Fsp3) is 0. The van der Waals surface area contributed by atoms with Gasteiger partial charge in [0.05, 0.1) is 9.47 Å². The third kappa shape index (κ3) is 1.36. The van der Waals surface area contributed by atoms with E-state index in [-0.39, 0.29) is 0 Å². The molecule has 1 heterocycles. The molecule has 0 unspecified atom stereocenters. The lowest BCUT2D eigenvalue weighted by Crippen LogP contribution is -2.28. The third-order valence-electron chi connectivity index (χ3n) is 0.991. The molecule has 0 aliphatic heterocycles.